The van der Waals surface area contributed by atoms with E-state index >= 15 is 0 Å². The Bertz CT molecular complexity index is 330. The Morgan fingerprint density at radius 1 is 1.50 bits per heavy atom. The number of carboxylic acids is 1. The van der Waals surface area contributed by atoms with E-state index in [1.54, 1.807) is 18.2 Å². The summed E-state index contributed by atoms with van der Waals surface area (Å²) in [4.78, 5) is 10.5. The van der Waals surface area contributed by atoms with Gasteiger partial charge in [0.2, 0.25) is 0 Å². The van der Waals surface area contributed by atoms with E-state index in [0.717, 1.165) is 5.56 Å². The summed E-state index contributed by atoms with van der Waals surface area (Å²) < 4.78 is 0. The average molecular weight is 211 g/mol. The summed E-state index contributed by atoms with van der Waals surface area (Å²) in [7, 11) is 0. The first-order valence-electron chi connectivity index (χ1n) is 4.23. The fourth-order valence-corrected chi connectivity index (χ4v) is 1.36. The van der Waals surface area contributed by atoms with Crippen LogP contribution in [0.15, 0.2) is 36.9 Å². The Morgan fingerprint density at radius 2 is 2.07 bits per heavy atom. The Kier molecular flexibility index (Phi) is 3.72. The maximum absolute atomic E-state index is 10.5. The Labute approximate surface area is 87.8 Å². The lowest BCUT2D eigenvalue weighted by Gasteiger charge is -2.09. The normalized spacial score (nSPS) is 12.1. The molecule has 1 aromatic rings. The zero-order valence-corrected chi connectivity index (χ0v) is 8.37. The van der Waals surface area contributed by atoms with E-state index in [-0.39, 0.29) is 12.3 Å². The van der Waals surface area contributed by atoms with Crippen LogP contribution in [0, 0.1) is 0 Å². The summed E-state index contributed by atoms with van der Waals surface area (Å²) in [5.41, 5.74) is 0.923. The number of carboxylic acid groups (broad SMARTS) is 1. The second-order valence-electron chi connectivity index (χ2n) is 2.99. The van der Waals surface area contributed by atoms with Gasteiger partial charge in [-0.3, -0.25) is 4.79 Å². The van der Waals surface area contributed by atoms with Crippen molar-refractivity contribution in [1.82, 2.24) is 0 Å². The van der Waals surface area contributed by atoms with Crippen LogP contribution in [-0.4, -0.2) is 11.1 Å². The summed E-state index contributed by atoms with van der Waals surface area (Å²) in [5, 5.41) is 9.30. The monoisotopic (exact) mass is 210 g/mol. The molecule has 0 heterocycles. The number of halogens is 1. The summed E-state index contributed by atoms with van der Waals surface area (Å²) >= 11 is 5.72. The highest BCUT2D eigenvalue weighted by atomic mass is 35.5. The first-order valence-corrected chi connectivity index (χ1v) is 4.61. The van der Waals surface area contributed by atoms with Crippen molar-refractivity contribution in [3.05, 3.63) is 47.5 Å². The number of carbonyl (C=O) groups is 1. The predicted octanol–water partition coefficient (Wildman–Crippen LogP) is 3.08. The van der Waals surface area contributed by atoms with Crippen LogP contribution >= 0.6 is 11.6 Å². The van der Waals surface area contributed by atoms with Gasteiger partial charge in [-0.15, -0.1) is 6.58 Å². The largest absolute Gasteiger partial charge is 0.481 e. The van der Waals surface area contributed by atoms with Crippen molar-refractivity contribution in [3.8, 4) is 0 Å². The van der Waals surface area contributed by atoms with Crippen LogP contribution < -0.4 is 0 Å². The Balaban J connectivity index is 2.84. The first kappa shape index (κ1) is 10.8. The number of rotatable bonds is 4. The molecule has 1 atom stereocenters. The van der Waals surface area contributed by atoms with Crippen molar-refractivity contribution in [1.29, 1.82) is 0 Å². The summed E-state index contributed by atoms with van der Waals surface area (Å²) in [6.45, 7) is 3.62. The van der Waals surface area contributed by atoms with Gasteiger partial charge < -0.3 is 5.11 Å². The molecule has 0 amide bonds. The Hall–Kier alpha value is -1.28. The first-order chi connectivity index (χ1) is 6.63. The van der Waals surface area contributed by atoms with Crippen molar-refractivity contribution in [2.24, 2.45) is 0 Å². The molecule has 0 saturated heterocycles. The summed E-state index contributed by atoms with van der Waals surface area (Å²) in [6, 6.07) is 7.12. The van der Waals surface area contributed by atoms with Gasteiger partial charge in [0.15, 0.2) is 0 Å². The standard InChI is InChI=1S/C11H11ClO2/c1-2-8(7-11(13)14)9-3-5-10(12)6-4-9/h2-6,8H,1,7H2,(H,13,14)/t8-/m1/s1. The van der Waals surface area contributed by atoms with Gasteiger partial charge in [0.05, 0.1) is 6.42 Å². The lowest BCUT2D eigenvalue weighted by atomic mass is 9.96. The van der Waals surface area contributed by atoms with Crippen molar-refractivity contribution >= 4 is 17.6 Å². The van der Waals surface area contributed by atoms with Crippen molar-refractivity contribution in [2.75, 3.05) is 0 Å². The van der Waals surface area contributed by atoms with E-state index in [0.29, 0.717) is 5.02 Å². The lowest BCUT2D eigenvalue weighted by Crippen LogP contribution is -2.03. The maximum Gasteiger partial charge on any atom is 0.304 e. The van der Waals surface area contributed by atoms with E-state index in [4.69, 9.17) is 16.7 Å². The van der Waals surface area contributed by atoms with Crippen molar-refractivity contribution in [2.45, 2.75) is 12.3 Å². The van der Waals surface area contributed by atoms with Crippen LogP contribution in [0.3, 0.4) is 0 Å². The molecule has 1 aromatic carbocycles. The van der Waals surface area contributed by atoms with Gasteiger partial charge in [0.25, 0.3) is 0 Å². The van der Waals surface area contributed by atoms with Gasteiger partial charge in [-0.25, -0.2) is 0 Å². The molecule has 3 heteroatoms. The SMILES string of the molecule is C=C[C@H](CC(=O)O)c1ccc(Cl)cc1. The molecule has 0 unspecified atom stereocenters. The smallest absolute Gasteiger partial charge is 0.304 e. The second kappa shape index (κ2) is 4.82. The van der Waals surface area contributed by atoms with Gasteiger partial charge >= 0.3 is 5.97 Å². The van der Waals surface area contributed by atoms with Crippen LogP contribution in [0.5, 0.6) is 0 Å². The van der Waals surface area contributed by atoms with Gasteiger partial charge in [0, 0.05) is 10.9 Å². The van der Waals surface area contributed by atoms with Crippen LogP contribution in [0.2, 0.25) is 5.02 Å². The number of hydrogen-bond acceptors (Lipinski definition) is 1. The third-order valence-corrected chi connectivity index (χ3v) is 2.23. The third-order valence-electron chi connectivity index (χ3n) is 1.98. The zero-order chi connectivity index (χ0) is 10.6. The predicted molar refractivity (Wildman–Crippen MR) is 56.6 cm³/mol. The van der Waals surface area contributed by atoms with Gasteiger partial charge in [-0.2, -0.15) is 0 Å². The molecule has 2 nitrogen and oxygen atoms in total. The fourth-order valence-electron chi connectivity index (χ4n) is 1.24. The van der Waals surface area contributed by atoms with Crippen LogP contribution in [0.4, 0.5) is 0 Å². The van der Waals surface area contributed by atoms with E-state index in [9.17, 15) is 4.79 Å². The average Bonchev–Trinajstić information content (AvgIpc) is 2.15. The van der Waals surface area contributed by atoms with Crippen molar-refractivity contribution in [3.63, 3.8) is 0 Å². The van der Waals surface area contributed by atoms with E-state index in [2.05, 4.69) is 6.58 Å². The van der Waals surface area contributed by atoms with Gasteiger partial charge in [-0.1, -0.05) is 29.8 Å². The highest BCUT2D eigenvalue weighted by Crippen LogP contribution is 2.22. The van der Waals surface area contributed by atoms with Crippen molar-refractivity contribution < 1.29 is 9.90 Å². The number of benzene rings is 1. The minimum atomic E-state index is -0.829. The molecule has 1 rings (SSSR count). The summed E-state index contributed by atoms with van der Waals surface area (Å²) in [5.74, 6) is -0.977. The molecule has 0 aliphatic carbocycles. The quantitative estimate of drug-likeness (QED) is 0.776. The zero-order valence-electron chi connectivity index (χ0n) is 7.61. The van der Waals surface area contributed by atoms with Crippen LogP contribution in [0.1, 0.15) is 17.9 Å². The number of hydrogen-bond donors (Lipinski definition) is 1. The highest BCUT2D eigenvalue weighted by molar-refractivity contribution is 6.30. The van der Waals surface area contributed by atoms with Gasteiger partial charge in [0.1, 0.15) is 0 Å². The lowest BCUT2D eigenvalue weighted by molar-refractivity contribution is -0.137. The molecule has 0 aliphatic rings. The molecule has 74 valence electrons. The topological polar surface area (TPSA) is 37.3 Å². The molecular weight excluding hydrogens is 200 g/mol. The van der Waals surface area contributed by atoms with Crippen LogP contribution in [0.25, 0.3) is 0 Å². The minimum absolute atomic E-state index is 0.0606. The molecule has 0 spiro atoms. The Morgan fingerprint density at radius 3 is 2.50 bits per heavy atom. The maximum atomic E-state index is 10.5. The molecule has 0 saturated carbocycles. The number of allylic oxidation sites excluding steroid dienone is 1. The summed E-state index contributed by atoms with van der Waals surface area (Å²) in [6.07, 6.45) is 1.70. The van der Waals surface area contributed by atoms with E-state index < -0.39 is 5.97 Å². The molecule has 0 fully saturated rings. The molecule has 0 bridgehead atoms. The molecule has 0 aromatic heterocycles. The van der Waals surface area contributed by atoms with Gasteiger partial charge in [-0.05, 0) is 17.7 Å². The highest BCUT2D eigenvalue weighted by Gasteiger charge is 2.11. The molecule has 0 radical (unpaired) electrons. The molecular formula is C11H11ClO2. The number of aliphatic carboxylic acids is 1. The minimum Gasteiger partial charge on any atom is -0.481 e. The third kappa shape index (κ3) is 2.89. The second-order valence-corrected chi connectivity index (χ2v) is 3.43. The van der Waals surface area contributed by atoms with E-state index in [1.807, 2.05) is 12.1 Å². The molecule has 14 heavy (non-hydrogen) atoms. The van der Waals surface area contributed by atoms with E-state index in [1.165, 1.54) is 0 Å². The fraction of sp³-hybridized carbons (Fsp3) is 0.182. The molecule has 0 aliphatic heterocycles. The van der Waals surface area contributed by atoms with Crippen LogP contribution in [-0.2, 0) is 4.79 Å². The molecule has 1 N–H and O–H groups in total.